The van der Waals surface area contributed by atoms with Crippen molar-refractivity contribution in [3.63, 3.8) is 0 Å². The molecule has 0 saturated heterocycles. The SMILES string of the molecule is CCCn1nncc1C(=O)c1ccccc1CCNC. The lowest BCUT2D eigenvalue weighted by molar-refractivity contribution is 0.102. The summed E-state index contributed by atoms with van der Waals surface area (Å²) in [5.41, 5.74) is 2.35. The normalized spacial score (nSPS) is 10.7. The number of hydrogen-bond donors (Lipinski definition) is 1. The number of rotatable bonds is 7. The van der Waals surface area contributed by atoms with Crippen molar-refractivity contribution in [3.05, 3.63) is 47.3 Å². The molecule has 1 aromatic carbocycles. The van der Waals surface area contributed by atoms with Gasteiger partial charge in [-0.25, -0.2) is 4.68 Å². The number of hydrogen-bond acceptors (Lipinski definition) is 4. The fourth-order valence-corrected chi connectivity index (χ4v) is 2.17. The average molecular weight is 272 g/mol. The van der Waals surface area contributed by atoms with Gasteiger partial charge < -0.3 is 5.32 Å². The summed E-state index contributed by atoms with van der Waals surface area (Å²) < 4.78 is 1.68. The molecular weight excluding hydrogens is 252 g/mol. The highest BCUT2D eigenvalue weighted by atomic mass is 16.1. The number of nitrogens with zero attached hydrogens (tertiary/aromatic N) is 3. The highest BCUT2D eigenvalue weighted by Gasteiger charge is 2.17. The Morgan fingerprint density at radius 1 is 1.35 bits per heavy atom. The topological polar surface area (TPSA) is 59.8 Å². The van der Waals surface area contributed by atoms with E-state index in [0.717, 1.165) is 30.5 Å². The molecule has 106 valence electrons. The molecule has 0 bridgehead atoms. The van der Waals surface area contributed by atoms with Gasteiger partial charge in [-0.3, -0.25) is 4.79 Å². The molecule has 0 aliphatic heterocycles. The minimum Gasteiger partial charge on any atom is -0.319 e. The van der Waals surface area contributed by atoms with E-state index < -0.39 is 0 Å². The zero-order chi connectivity index (χ0) is 14.4. The fraction of sp³-hybridized carbons (Fsp3) is 0.400. The van der Waals surface area contributed by atoms with Gasteiger partial charge in [0.05, 0.1) is 6.20 Å². The van der Waals surface area contributed by atoms with Gasteiger partial charge in [0.2, 0.25) is 5.78 Å². The van der Waals surface area contributed by atoms with Crippen LogP contribution in [-0.4, -0.2) is 34.4 Å². The lowest BCUT2D eigenvalue weighted by Crippen LogP contribution is -2.16. The molecule has 1 N–H and O–H groups in total. The van der Waals surface area contributed by atoms with E-state index >= 15 is 0 Å². The summed E-state index contributed by atoms with van der Waals surface area (Å²) in [6.45, 7) is 3.60. The van der Waals surface area contributed by atoms with Gasteiger partial charge in [0.15, 0.2) is 0 Å². The Kier molecular flexibility index (Phi) is 5.01. The van der Waals surface area contributed by atoms with Crippen LogP contribution in [0.1, 0.15) is 35.0 Å². The summed E-state index contributed by atoms with van der Waals surface area (Å²) in [5.74, 6) is -0.00449. The first-order valence-electron chi connectivity index (χ1n) is 6.93. The summed E-state index contributed by atoms with van der Waals surface area (Å²) in [5, 5.41) is 10.9. The van der Waals surface area contributed by atoms with Gasteiger partial charge >= 0.3 is 0 Å². The zero-order valence-electron chi connectivity index (χ0n) is 12.0. The smallest absolute Gasteiger partial charge is 0.212 e. The fourth-order valence-electron chi connectivity index (χ4n) is 2.17. The van der Waals surface area contributed by atoms with Gasteiger partial charge in [-0.05, 0) is 32.0 Å². The Morgan fingerprint density at radius 3 is 2.90 bits per heavy atom. The van der Waals surface area contributed by atoms with Gasteiger partial charge in [-0.2, -0.15) is 0 Å². The molecule has 5 heteroatoms. The first-order chi connectivity index (χ1) is 9.77. The molecule has 0 unspecified atom stereocenters. The third-order valence-electron chi connectivity index (χ3n) is 3.19. The van der Waals surface area contributed by atoms with Crippen LogP contribution in [0.15, 0.2) is 30.5 Å². The maximum atomic E-state index is 12.7. The zero-order valence-corrected chi connectivity index (χ0v) is 12.0. The number of aromatic nitrogens is 3. The molecule has 0 amide bonds. The largest absolute Gasteiger partial charge is 0.319 e. The third-order valence-corrected chi connectivity index (χ3v) is 3.19. The Hall–Kier alpha value is -2.01. The van der Waals surface area contributed by atoms with Crippen molar-refractivity contribution >= 4 is 5.78 Å². The molecule has 5 nitrogen and oxygen atoms in total. The summed E-state index contributed by atoms with van der Waals surface area (Å²) in [7, 11) is 1.91. The molecule has 0 spiro atoms. The monoisotopic (exact) mass is 272 g/mol. The highest BCUT2D eigenvalue weighted by molar-refractivity contribution is 6.08. The second kappa shape index (κ2) is 6.96. The van der Waals surface area contributed by atoms with Crippen LogP contribution in [0.5, 0.6) is 0 Å². The molecule has 0 radical (unpaired) electrons. The molecule has 0 fully saturated rings. The minimum absolute atomic E-state index is 0.00449. The van der Waals surface area contributed by atoms with Crippen LogP contribution in [0.3, 0.4) is 0 Å². The molecule has 20 heavy (non-hydrogen) atoms. The number of nitrogens with one attached hydrogen (secondary N) is 1. The van der Waals surface area contributed by atoms with Gasteiger partial charge in [-0.15, -0.1) is 5.10 Å². The van der Waals surface area contributed by atoms with Crippen molar-refractivity contribution in [1.29, 1.82) is 0 Å². The number of carbonyl (C=O) groups excluding carboxylic acids is 1. The Morgan fingerprint density at radius 2 is 2.15 bits per heavy atom. The minimum atomic E-state index is -0.00449. The van der Waals surface area contributed by atoms with Crippen molar-refractivity contribution in [1.82, 2.24) is 20.3 Å². The van der Waals surface area contributed by atoms with Gasteiger partial charge in [0, 0.05) is 12.1 Å². The summed E-state index contributed by atoms with van der Waals surface area (Å²) in [4.78, 5) is 12.7. The summed E-state index contributed by atoms with van der Waals surface area (Å²) in [6.07, 6.45) is 3.30. The summed E-state index contributed by atoms with van der Waals surface area (Å²) in [6, 6.07) is 7.72. The van der Waals surface area contributed by atoms with Crippen molar-refractivity contribution in [2.24, 2.45) is 0 Å². The van der Waals surface area contributed by atoms with Crippen LogP contribution in [0.25, 0.3) is 0 Å². The molecule has 1 heterocycles. The second-order valence-electron chi connectivity index (χ2n) is 4.68. The third kappa shape index (κ3) is 3.11. The molecule has 0 saturated carbocycles. The van der Waals surface area contributed by atoms with Gasteiger partial charge in [-0.1, -0.05) is 36.4 Å². The number of benzene rings is 1. The van der Waals surface area contributed by atoms with Crippen molar-refractivity contribution in [2.45, 2.75) is 26.3 Å². The molecule has 0 aliphatic carbocycles. The molecule has 0 atom stereocenters. The van der Waals surface area contributed by atoms with Crippen LogP contribution in [0.4, 0.5) is 0 Å². The van der Waals surface area contributed by atoms with Gasteiger partial charge in [0.1, 0.15) is 5.69 Å². The van der Waals surface area contributed by atoms with E-state index in [1.54, 1.807) is 10.9 Å². The molecule has 2 aromatic rings. The standard InChI is InChI=1S/C15H20N4O/c1-3-10-19-14(11-17-18-19)15(20)13-7-5-4-6-12(13)8-9-16-2/h4-7,11,16H,3,8-10H2,1-2H3. The lowest BCUT2D eigenvalue weighted by atomic mass is 9.99. The Labute approximate surface area is 119 Å². The van der Waals surface area contributed by atoms with Crippen LogP contribution in [0.2, 0.25) is 0 Å². The van der Waals surface area contributed by atoms with E-state index in [9.17, 15) is 4.79 Å². The number of aryl methyl sites for hydroxylation is 1. The lowest BCUT2D eigenvalue weighted by Gasteiger charge is -2.09. The number of likely N-dealkylation sites (N-methyl/N-ethyl adjacent to an activating group) is 1. The number of ketones is 1. The maximum absolute atomic E-state index is 12.7. The van der Waals surface area contributed by atoms with E-state index in [2.05, 4.69) is 22.6 Å². The highest BCUT2D eigenvalue weighted by Crippen LogP contribution is 2.14. The van der Waals surface area contributed by atoms with Crippen LogP contribution in [0, 0.1) is 0 Å². The molecule has 0 aliphatic rings. The molecule has 2 rings (SSSR count). The number of carbonyl (C=O) groups is 1. The average Bonchev–Trinajstić information content (AvgIpc) is 2.93. The Balaban J connectivity index is 2.30. The first-order valence-corrected chi connectivity index (χ1v) is 6.93. The van der Waals surface area contributed by atoms with E-state index in [1.807, 2.05) is 31.3 Å². The van der Waals surface area contributed by atoms with Crippen molar-refractivity contribution in [3.8, 4) is 0 Å². The van der Waals surface area contributed by atoms with Crippen LogP contribution < -0.4 is 5.32 Å². The first kappa shape index (κ1) is 14.4. The van der Waals surface area contributed by atoms with E-state index in [0.29, 0.717) is 12.2 Å². The van der Waals surface area contributed by atoms with E-state index in [-0.39, 0.29) is 5.78 Å². The van der Waals surface area contributed by atoms with Crippen LogP contribution in [-0.2, 0) is 13.0 Å². The predicted octanol–water partition coefficient (Wildman–Crippen LogP) is 1.68. The van der Waals surface area contributed by atoms with Crippen molar-refractivity contribution < 1.29 is 4.79 Å². The van der Waals surface area contributed by atoms with Crippen molar-refractivity contribution in [2.75, 3.05) is 13.6 Å². The van der Waals surface area contributed by atoms with Crippen LogP contribution >= 0.6 is 0 Å². The Bertz CT molecular complexity index is 577. The second-order valence-corrected chi connectivity index (χ2v) is 4.68. The maximum Gasteiger partial charge on any atom is 0.212 e. The molecule has 1 aromatic heterocycles. The predicted molar refractivity (Wildman–Crippen MR) is 77.8 cm³/mol. The summed E-state index contributed by atoms with van der Waals surface area (Å²) >= 11 is 0. The van der Waals surface area contributed by atoms with E-state index in [4.69, 9.17) is 0 Å². The van der Waals surface area contributed by atoms with Gasteiger partial charge in [0.25, 0.3) is 0 Å². The molecular formula is C15H20N4O. The quantitative estimate of drug-likeness (QED) is 0.779. The van der Waals surface area contributed by atoms with E-state index in [1.165, 1.54) is 0 Å².